The van der Waals surface area contributed by atoms with Crippen molar-refractivity contribution in [3.05, 3.63) is 159 Å². The van der Waals surface area contributed by atoms with Crippen LogP contribution in [0.15, 0.2) is 174 Å². The molecule has 80 heavy (non-hydrogen) atoms. The Labute approximate surface area is 459 Å². The molecule has 1 saturated heterocycles. The van der Waals surface area contributed by atoms with E-state index in [1.54, 1.807) is 97.1 Å². The molecule has 5 rings (SSSR count). The number of allylic oxidation sites excluding steroid dienone is 1. The monoisotopic (exact) mass is 1110 g/mol. The van der Waals surface area contributed by atoms with Crippen molar-refractivity contribution in [3.8, 4) is 23.0 Å². The van der Waals surface area contributed by atoms with Gasteiger partial charge in [0.05, 0.1) is 37.9 Å². The number of nitrogens with zero attached hydrogens (tertiary/aromatic N) is 4. The number of carboxylic acids is 1. The van der Waals surface area contributed by atoms with Gasteiger partial charge in [-0.1, -0.05) is 74.8 Å². The molecule has 26 heteroatoms. The van der Waals surface area contributed by atoms with Gasteiger partial charge >= 0.3 is 23.9 Å². The number of hydroxylamine groups is 2. The number of carbonyl (C=O) groups excluding carboxylic acids is 7. The Kier molecular flexibility index (Phi) is 32.4. The van der Waals surface area contributed by atoms with Crippen LogP contribution in [0.25, 0.3) is 0 Å². The first-order chi connectivity index (χ1) is 38.2. The zero-order valence-corrected chi connectivity index (χ0v) is 43.9. The van der Waals surface area contributed by atoms with Crippen LogP contribution >= 0.6 is 0 Å². The molecule has 0 bridgehead atoms. The molecular formula is C54H61N7O19. The van der Waals surface area contributed by atoms with Crippen LogP contribution in [0.2, 0.25) is 0 Å². The molecule has 4 amide bonds. The van der Waals surface area contributed by atoms with Crippen LogP contribution in [0.3, 0.4) is 0 Å². The number of methoxy groups -OCH3 is 2. The summed E-state index contributed by atoms with van der Waals surface area (Å²) in [5.74, 6) is -3.81. The second kappa shape index (κ2) is 38.3. The number of aliphatic hydroxyl groups is 3. The maximum Gasteiger partial charge on any atom is 0.338 e. The highest BCUT2D eigenvalue weighted by Crippen LogP contribution is 2.29. The van der Waals surface area contributed by atoms with E-state index in [1.807, 2.05) is 0 Å². The standard InChI is InChI=1S/C22H25N3O6.C19H21N3O5.C6H6O3.C4H5NO3.C3H4O2/c1-4-20(27)31-14-13-30-19-12-8-6-10-17(19)24-25-21(15(2)26)22(28)23-16-9-5-7-11-18(16)29-3;1-13(24)18(19(25)20-14-7-3-5-9-16(14)26-2)22-21-15-8-4-6-10-17(15)27-12-11-23;1-3-5(7)9-6(8)4-2;6-3-1-2-4(7)5(3)8;1-2-3(4)5/h4-12,15,24,26H,1,13-14H2,2-3H3,(H,23,28);3-10,23-24H,11-12H2,1-2H3,(H,20,25);3-4H,1-2H2;8H,1-2H2;2H,1H2,(H,4,5)/b25-21+;;;;. The van der Waals surface area contributed by atoms with E-state index in [9.17, 15) is 48.6 Å². The molecule has 0 radical (unpaired) electrons. The van der Waals surface area contributed by atoms with Gasteiger partial charge in [0.25, 0.3) is 23.6 Å². The number of rotatable bonds is 22. The molecule has 1 aliphatic rings. The zero-order valence-electron chi connectivity index (χ0n) is 43.9. The fraction of sp³-hybridized carbons (Fsp3) is 0.204. The Bertz CT molecular complexity index is 2840. The molecular weight excluding hydrogens is 1050 g/mol. The molecule has 1 heterocycles. The van der Waals surface area contributed by atoms with Crippen molar-refractivity contribution in [2.24, 2.45) is 15.3 Å². The Balaban J connectivity index is 0.000000583. The topological polar surface area (TPSA) is 370 Å². The Morgan fingerprint density at radius 1 is 0.650 bits per heavy atom. The minimum absolute atomic E-state index is 0.0443. The van der Waals surface area contributed by atoms with Gasteiger partial charge in [-0.25, -0.2) is 19.2 Å². The van der Waals surface area contributed by atoms with E-state index in [0.29, 0.717) is 45.7 Å². The van der Waals surface area contributed by atoms with Gasteiger partial charge in [-0.05, 0) is 62.4 Å². The smallest absolute Gasteiger partial charge is 0.338 e. The molecule has 0 spiro atoms. The number of nitrogens with one attached hydrogen (secondary N) is 3. The van der Waals surface area contributed by atoms with E-state index < -0.39 is 53.6 Å². The summed E-state index contributed by atoms with van der Waals surface area (Å²) in [7, 11) is 2.98. The quantitative estimate of drug-likeness (QED) is 0.00404. The number of amides is 4. The summed E-state index contributed by atoms with van der Waals surface area (Å²) < 4.78 is 30.3. The van der Waals surface area contributed by atoms with E-state index in [2.05, 4.69) is 62.4 Å². The summed E-state index contributed by atoms with van der Waals surface area (Å²) in [5.41, 5.74) is 4.04. The second-order valence-electron chi connectivity index (χ2n) is 14.8. The van der Waals surface area contributed by atoms with Gasteiger partial charge in [0.2, 0.25) is 0 Å². The number of hydrogen-bond donors (Lipinski definition) is 8. The normalized spacial score (nSPS) is 11.8. The molecule has 8 N–H and O–H groups in total. The maximum atomic E-state index is 12.6. The van der Waals surface area contributed by atoms with Crippen LogP contribution in [-0.2, 0) is 47.8 Å². The fourth-order valence-corrected chi connectivity index (χ4v) is 5.31. The SMILES string of the molecule is C=CC(=O)O.C=CC(=O)OC(=O)C=C.C=CC(=O)OCCOc1ccccc1N/N=C(/C(=O)Nc1ccccc1OC)C(C)O.COc1ccccc1NC(=O)C(N=Nc1ccccc1OCCO)=C(C)O.O=C1CCC(=O)N1O. The molecule has 1 unspecified atom stereocenters. The molecule has 0 saturated carbocycles. The number of carboxylic acid groups (broad SMARTS) is 1. The highest BCUT2D eigenvalue weighted by atomic mass is 16.6. The number of hydrazone groups is 1. The van der Waals surface area contributed by atoms with E-state index in [1.165, 1.54) is 28.1 Å². The predicted octanol–water partition coefficient (Wildman–Crippen LogP) is 6.38. The van der Waals surface area contributed by atoms with Crippen LogP contribution in [0.4, 0.5) is 22.7 Å². The third kappa shape index (κ3) is 26.0. The summed E-state index contributed by atoms with van der Waals surface area (Å²) in [6, 6.07) is 27.4. The Morgan fingerprint density at radius 3 is 1.54 bits per heavy atom. The number of ether oxygens (including phenoxy) is 6. The number of para-hydroxylation sites is 7. The first-order valence-corrected chi connectivity index (χ1v) is 23.2. The first-order valence-electron chi connectivity index (χ1n) is 23.2. The van der Waals surface area contributed by atoms with E-state index >= 15 is 0 Å². The molecule has 26 nitrogen and oxygen atoms in total. The van der Waals surface area contributed by atoms with E-state index in [4.69, 9.17) is 39.1 Å². The summed E-state index contributed by atoms with van der Waals surface area (Å²) in [4.78, 5) is 86.3. The molecule has 1 fully saturated rings. The molecule has 1 atom stereocenters. The average Bonchev–Trinajstić information content (AvgIpc) is 3.75. The zero-order chi connectivity index (χ0) is 60.0. The molecule has 4 aromatic carbocycles. The number of anilines is 3. The second-order valence-corrected chi connectivity index (χ2v) is 14.8. The number of hydrogen-bond acceptors (Lipinski definition) is 22. The summed E-state index contributed by atoms with van der Waals surface area (Å²) in [6.07, 6.45) is 2.86. The molecule has 4 aromatic rings. The van der Waals surface area contributed by atoms with Crippen molar-refractivity contribution in [1.82, 2.24) is 5.06 Å². The van der Waals surface area contributed by atoms with Crippen molar-refractivity contribution < 1.29 is 92.4 Å². The van der Waals surface area contributed by atoms with Crippen molar-refractivity contribution in [3.63, 3.8) is 0 Å². The van der Waals surface area contributed by atoms with Gasteiger partial charge in [0.1, 0.15) is 60.4 Å². The minimum Gasteiger partial charge on any atom is -0.510 e. The highest BCUT2D eigenvalue weighted by molar-refractivity contribution is 6.44. The number of aliphatic hydroxyl groups excluding tert-OH is 3. The van der Waals surface area contributed by atoms with Gasteiger partial charge < -0.3 is 59.5 Å². The summed E-state index contributed by atoms with van der Waals surface area (Å²) in [6.45, 7) is 15.3. The number of aliphatic carboxylic acids is 1. The minimum atomic E-state index is -1.14. The lowest BCUT2D eigenvalue weighted by molar-refractivity contribution is -0.171. The van der Waals surface area contributed by atoms with Gasteiger partial charge in [0, 0.05) is 37.1 Å². The largest absolute Gasteiger partial charge is 0.510 e. The lowest BCUT2D eigenvalue weighted by Crippen LogP contribution is -2.32. The van der Waals surface area contributed by atoms with Crippen LogP contribution < -0.4 is 35.0 Å². The van der Waals surface area contributed by atoms with Gasteiger partial charge in [0.15, 0.2) is 11.4 Å². The molecule has 426 valence electrons. The van der Waals surface area contributed by atoms with Crippen molar-refractivity contribution in [2.45, 2.75) is 32.8 Å². The Morgan fingerprint density at radius 2 is 1.10 bits per heavy atom. The maximum absolute atomic E-state index is 12.6. The first kappa shape index (κ1) is 67.7. The number of esters is 3. The third-order valence-corrected chi connectivity index (χ3v) is 9.04. The van der Waals surface area contributed by atoms with Crippen molar-refractivity contribution in [1.29, 1.82) is 0 Å². The number of benzene rings is 4. The van der Waals surface area contributed by atoms with Crippen molar-refractivity contribution >= 4 is 76.0 Å². The van der Waals surface area contributed by atoms with Gasteiger partial charge in [-0.2, -0.15) is 10.2 Å². The van der Waals surface area contributed by atoms with E-state index in [0.717, 1.165) is 24.3 Å². The molecule has 1 aliphatic heterocycles. The van der Waals surface area contributed by atoms with Crippen LogP contribution in [0, 0.1) is 0 Å². The predicted molar refractivity (Wildman–Crippen MR) is 290 cm³/mol. The number of carbonyl (C=O) groups is 8. The third-order valence-electron chi connectivity index (χ3n) is 9.04. The summed E-state index contributed by atoms with van der Waals surface area (Å²) >= 11 is 0. The number of azo groups is 1. The van der Waals surface area contributed by atoms with E-state index in [-0.39, 0.29) is 61.5 Å². The van der Waals surface area contributed by atoms with Crippen molar-refractivity contribution in [2.75, 3.05) is 56.7 Å². The van der Waals surface area contributed by atoms with Crippen LogP contribution in [0.1, 0.15) is 26.7 Å². The molecule has 0 aliphatic carbocycles. The average molecular weight is 1110 g/mol. The lowest BCUT2D eigenvalue weighted by atomic mass is 10.2. The van der Waals surface area contributed by atoms with Gasteiger partial charge in [-0.3, -0.25) is 29.8 Å². The summed E-state index contributed by atoms with van der Waals surface area (Å²) in [5, 5.41) is 62.2. The number of imide groups is 1. The highest BCUT2D eigenvalue weighted by Gasteiger charge is 2.27. The van der Waals surface area contributed by atoms with Gasteiger partial charge in [-0.15, -0.1) is 10.2 Å². The molecule has 0 aromatic heterocycles. The van der Waals surface area contributed by atoms with Crippen LogP contribution in [0.5, 0.6) is 23.0 Å². The lowest BCUT2D eigenvalue weighted by Gasteiger charge is -2.14. The fourth-order valence-electron chi connectivity index (χ4n) is 5.31. The Hall–Kier alpha value is -10.3. The van der Waals surface area contributed by atoms with Crippen LogP contribution in [-0.4, -0.2) is 131 Å².